The molecule has 3 aliphatic heterocycles. The molecule has 3 fully saturated rings. The first-order chi connectivity index (χ1) is 6.18. The van der Waals surface area contributed by atoms with Crippen molar-refractivity contribution in [1.29, 1.82) is 0 Å². The van der Waals surface area contributed by atoms with E-state index >= 15 is 0 Å². The van der Waals surface area contributed by atoms with Crippen LogP contribution in [0.1, 0.15) is 12.8 Å². The fourth-order valence-corrected chi connectivity index (χ4v) is 2.14. The number of rotatable bonds is 1. The summed E-state index contributed by atoms with van der Waals surface area (Å²) in [5.41, 5.74) is 0.924. The van der Waals surface area contributed by atoms with E-state index in [2.05, 4.69) is 4.90 Å². The Morgan fingerprint density at radius 2 is 2.00 bits per heavy atom. The molecule has 3 rings (SSSR count). The Morgan fingerprint density at radius 3 is 2.46 bits per heavy atom. The number of Topliss-reactive ketones (excluding diaryl/α,β-unsaturated/α-hetero) is 1. The normalized spacial score (nSPS) is 25.8. The first-order valence-electron chi connectivity index (χ1n) is 4.86. The van der Waals surface area contributed by atoms with Crippen LogP contribution in [0.15, 0.2) is 11.9 Å². The van der Waals surface area contributed by atoms with Crippen molar-refractivity contribution in [2.24, 2.45) is 5.92 Å². The van der Waals surface area contributed by atoms with Crippen LogP contribution in [0.4, 0.5) is 0 Å². The summed E-state index contributed by atoms with van der Waals surface area (Å²) in [5.74, 6) is 0.669. The van der Waals surface area contributed by atoms with Gasteiger partial charge in [0.1, 0.15) is 0 Å². The zero-order valence-electron chi connectivity index (χ0n) is 8.29. The Kier molecular flexibility index (Phi) is 2.02. The second-order valence-corrected chi connectivity index (χ2v) is 4.10. The van der Waals surface area contributed by atoms with Crippen molar-refractivity contribution < 1.29 is 4.79 Å². The number of fused-ring (bicyclic) bond motifs is 3. The Hall–Kier alpha value is -0.990. The Bertz CT molecular complexity index is 250. The zero-order chi connectivity index (χ0) is 9.42. The molecule has 0 aromatic rings. The number of ketones is 1. The van der Waals surface area contributed by atoms with Gasteiger partial charge in [-0.1, -0.05) is 0 Å². The van der Waals surface area contributed by atoms with Crippen molar-refractivity contribution in [3.8, 4) is 0 Å². The summed E-state index contributed by atoms with van der Waals surface area (Å²) in [4.78, 5) is 15.9. The molecule has 0 aromatic carbocycles. The van der Waals surface area contributed by atoms with Crippen LogP contribution in [0.3, 0.4) is 0 Å². The van der Waals surface area contributed by atoms with E-state index in [1.54, 1.807) is 0 Å². The fourth-order valence-electron chi connectivity index (χ4n) is 2.14. The predicted molar refractivity (Wildman–Crippen MR) is 51.1 cm³/mol. The number of nitrogens with zero attached hydrogens (tertiary/aromatic N) is 2. The second-order valence-electron chi connectivity index (χ2n) is 4.10. The van der Waals surface area contributed by atoms with Crippen LogP contribution in [-0.2, 0) is 4.79 Å². The summed E-state index contributed by atoms with van der Waals surface area (Å²) in [7, 11) is 3.92. The third-order valence-electron chi connectivity index (χ3n) is 2.84. The van der Waals surface area contributed by atoms with E-state index in [-0.39, 0.29) is 0 Å². The molecule has 3 saturated heterocycles. The Morgan fingerprint density at radius 1 is 1.38 bits per heavy atom. The molecule has 0 aliphatic carbocycles. The molecule has 72 valence electrons. The van der Waals surface area contributed by atoms with Crippen LogP contribution in [0.5, 0.6) is 0 Å². The number of carbonyl (C=O) groups excluding carboxylic acids is 1. The molecule has 3 heterocycles. The van der Waals surface area contributed by atoms with Crippen LogP contribution in [0.2, 0.25) is 0 Å². The molecule has 0 N–H and O–H groups in total. The van der Waals surface area contributed by atoms with Crippen molar-refractivity contribution in [3.05, 3.63) is 11.9 Å². The number of allylic oxidation sites excluding steroid dienone is 1. The lowest BCUT2D eigenvalue weighted by atomic mass is 9.85. The summed E-state index contributed by atoms with van der Waals surface area (Å²) in [5, 5.41) is 0. The van der Waals surface area contributed by atoms with Crippen molar-refractivity contribution in [2.45, 2.75) is 12.8 Å². The van der Waals surface area contributed by atoms with E-state index in [0.29, 0.717) is 11.7 Å². The van der Waals surface area contributed by atoms with E-state index < -0.39 is 0 Å². The first-order valence-corrected chi connectivity index (χ1v) is 4.86. The minimum absolute atomic E-state index is 0.316. The predicted octanol–water partition coefficient (Wildman–Crippen LogP) is 0.684. The lowest BCUT2D eigenvalue weighted by Crippen LogP contribution is -2.46. The minimum atomic E-state index is 0.316. The average molecular weight is 180 g/mol. The van der Waals surface area contributed by atoms with Gasteiger partial charge < -0.3 is 9.80 Å². The molecule has 13 heavy (non-hydrogen) atoms. The molecule has 0 unspecified atom stereocenters. The van der Waals surface area contributed by atoms with Crippen LogP contribution in [0.25, 0.3) is 0 Å². The quantitative estimate of drug-likeness (QED) is 0.554. The van der Waals surface area contributed by atoms with Crippen molar-refractivity contribution in [2.75, 3.05) is 27.2 Å². The fraction of sp³-hybridized carbons (Fsp3) is 0.700. The summed E-state index contributed by atoms with van der Waals surface area (Å²) in [6, 6.07) is 0. The molecule has 0 aromatic heterocycles. The van der Waals surface area contributed by atoms with E-state index in [4.69, 9.17) is 0 Å². The van der Waals surface area contributed by atoms with Gasteiger partial charge in [-0.25, -0.2) is 0 Å². The molecule has 0 amide bonds. The summed E-state index contributed by atoms with van der Waals surface area (Å²) in [6.45, 7) is 2.13. The smallest absolute Gasteiger partial charge is 0.183 e. The van der Waals surface area contributed by atoms with Gasteiger partial charge in [-0.05, 0) is 12.8 Å². The molecule has 0 spiro atoms. The average Bonchev–Trinajstić information content (AvgIpc) is 2.11. The molecule has 0 saturated carbocycles. The Labute approximate surface area is 79.0 Å². The highest BCUT2D eigenvalue weighted by atomic mass is 16.1. The number of hydrogen-bond donors (Lipinski definition) is 0. The van der Waals surface area contributed by atoms with Gasteiger partial charge in [-0.3, -0.25) is 4.79 Å². The zero-order valence-corrected chi connectivity index (χ0v) is 8.29. The minimum Gasteiger partial charge on any atom is -0.382 e. The maximum absolute atomic E-state index is 11.8. The summed E-state index contributed by atoms with van der Waals surface area (Å²) >= 11 is 0. The number of carbonyl (C=O) groups is 1. The monoisotopic (exact) mass is 180 g/mol. The largest absolute Gasteiger partial charge is 0.382 e. The molecule has 0 radical (unpaired) electrons. The SMILES string of the molecule is CN(C)/C=C1\C(=O)C2CCN1CC2. The van der Waals surface area contributed by atoms with Gasteiger partial charge >= 0.3 is 0 Å². The highest BCUT2D eigenvalue weighted by molar-refractivity contribution is 5.98. The molecule has 3 heteroatoms. The standard InChI is InChI=1S/C10H16N2O/c1-11(2)7-9-10(13)8-3-5-12(9)6-4-8/h7-8H,3-6H2,1-2H3/b9-7+. The van der Waals surface area contributed by atoms with E-state index in [1.807, 2.05) is 25.2 Å². The molecule has 3 nitrogen and oxygen atoms in total. The maximum atomic E-state index is 11.8. The Balaban J connectivity index is 2.23. The van der Waals surface area contributed by atoms with Crippen LogP contribution < -0.4 is 0 Å². The van der Waals surface area contributed by atoms with Crippen LogP contribution >= 0.6 is 0 Å². The summed E-state index contributed by atoms with van der Waals surface area (Å²) in [6.07, 6.45) is 4.07. The van der Waals surface area contributed by atoms with Gasteiger partial charge in [0.25, 0.3) is 0 Å². The molecule has 0 atom stereocenters. The van der Waals surface area contributed by atoms with Gasteiger partial charge in [0, 0.05) is 39.3 Å². The van der Waals surface area contributed by atoms with Crippen molar-refractivity contribution in [3.63, 3.8) is 0 Å². The van der Waals surface area contributed by atoms with Crippen molar-refractivity contribution in [1.82, 2.24) is 9.80 Å². The molecule has 3 aliphatic rings. The molecular formula is C10H16N2O. The van der Waals surface area contributed by atoms with Gasteiger partial charge in [0.05, 0.1) is 5.70 Å². The maximum Gasteiger partial charge on any atom is 0.183 e. The topological polar surface area (TPSA) is 23.6 Å². The van der Waals surface area contributed by atoms with E-state index in [1.165, 1.54) is 0 Å². The van der Waals surface area contributed by atoms with Crippen LogP contribution in [0, 0.1) is 5.92 Å². The highest BCUT2D eigenvalue weighted by Crippen LogP contribution is 2.31. The highest BCUT2D eigenvalue weighted by Gasteiger charge is 2.36. The van der Waals surface area contributed by atoms with E-state index in [9.17, 15) is 4.79 Å². The molecule has 2 bridgehead atoms. The third kappa shape index (κ3) is 1.43. The third-order valence-corrected chi connectivity index (χ3v) is 2.84. The van der Waals surface area contributed by atoms with E-state index in [0.717, 1.165) is 31.6 Å². The summed E-state index contributed by atoms with van der Waals surface area (Å²) < 4.78 is 0. The number of piperidine rings is 3. The van der Waals surface area contributed by atoms with Gasteiger partial charge in [0.15, 0.2) is 5.78 Å². The van der Waals surface area contributed by atoms with Gasteiger partial charge in [0.2, 0.25) is 0 Å². The molecular weight excluding hydrogens is 164 g/mol. The lowest BCUT2D eigenvalue weighted by Gasteiger charge is -2.41. The van der Waals surface area contributed by atoms with Crippen LogP contribution in [-0.4, -0.2) is 42.8 Å². The van der Waals surface area contributed by atoms with Gasteiger partial charge in [-0.15, -0.1) is 0 Å². The van der Waals surface area contributed by atoms with Crippen molar-refractivity contribution >= 4 is 5.78 Å². The van der Waals surface area contributed by atoms with Gasteiger partial charge in [-0.2, -0.15) is 0 Å². The second kappa shape index (κ2) is 3.05. The lowest BCUT2D eigenvalue weighted by molar-refractivity contribution is -0.125. The number of hydrogen-bond acceptors (Lipinski definition) is 3. The first kappa shape index (κ1) is 8.60.